The van der Waals surface area contributed by atoms with Crippen molar-refractivity contribution in [2.45, 2.75) is 13.3 Å². The quantitative estimate of drug-likeness (QED) is 0.571. The van der Waals surface area contributed by atoms with Gasteiger partial charge >= 0.3 is 0 Å². The predicted molar refractivity (Wildman–Crippen MR) is 65.7 cm³/mol. The molecule has 0 aliphatic rings. The van der Waals surface area contributed by atoms with Crippen molar-refractivity contribution >= 4 is 11.6 Å². The number of Topliss-reactive ketones (excluding diaryl/α,β-unsaturated/α-hetero) is 2. The molecule has 0 aromatic heterocycles. The van der Waals surface area contributed by atoms with Gasteiger partial charge in [-0.25, -0.2) is 0 Å². The Kier molecular flexibility index (Phi) is 4.71. The number of ether oxygens (including phenoxy) is 3. The molecular weight excluding hydrogens is 236 g/mol. The summed E-state index contributed by atoms with van der Waals surface area (Å²) in [4.78, 5) is 23.0. The molecule has 1 rings (SSSR count). The van der Waals surface area contributed by atoms with Crippen LogP contribution in [0.1, 0.15) is 23.7 Å². The van der Waals surface area contributed by atoms with E-state index in [-0.39, 0.29) is 23.6 Å². The second-order valence-corrected chi connectivity index (χ2v) is 3.71. The van der Waals surface area contributed by atoms with Crippen LogP contribution in [0, 0.1) is 0 Å². The van der Waals surface area contributed by atoms with Crippen LogP contribution in [0.3, 0.4) is 0 Å². The summed E-state index contributed by atoms with van der Waals surface area (Å²) in [6.45, 7) is 1.36. The smallest absolute Gasteiger partial charge is 0.177 e. The van der Waals surface area contributed by atoms with Crippen LogP contribution < -0.4 is 14.2 Å². The van der Waals surface area contributed by atoms with Gasteiger partial charge in [-0.05, 0) is 6.92 Å². The summed E-state index contributed by atoms with van der Waals surface area (Å²) in [5.41, 5.74) is 0.260. The van der Waals surface area contributed by atoms with E-state index in [9.17, 15) is 9.59 Å². The zero-order chi connectivity index (χ0) is 13.7. The van der Waals surface area contributed by atoms with Crippen LogP contribution in [0.2, 0.25) is 0 Å². The normalized spacial score (nSPS) is 9.78. The fraction of sp³-hybridized carbons (Fsp3) is 0.385. The lowest BCUT2D eigenvalue weighted by Crippen LogP contribution is -2.09. The molecular formula is C13H16O5. The number of hydrogen-bond donors (Lipinski definition) is 0. The Morgan fingerprint density at radius 3 is 1.83 bits per heavy atom. The molecule has 0 saturated heterocycles. The van der Waals surface area contributed by atoms with Crippen molar-refractivity contribution in [3.8, 4) is 17.2 Å². The lowest BCUT2D eigenvalue weighted by atomic mass is 10.0. The number of hydrogen-bond acceptors (Lipinski definition) is 5. The lowest BCUT2D eigenvalue weighted by molar-refractivity contribution is -0.116. The molecule has 0 radical (unpaired) electrons. The summed E-state index contributed by atoms with van der Waals surface area (Å²) < 4.78 is 15.4. The van der Waals surface area contributed by atoms with E-state index in [1.54, 1.807) is 12.1 Å². The Balaban J connectivity index is 3.30. The topological polar surface area (TPSA) is 61.8 Å². The fourth-order valence-corrected chi connectivity index (χ4v) is 1.59. The molecule has 5 nitrogen and oxygen atoms in total. The molecule has 0 heterocycles. The summed E-state index contributed by atoms with van der Waals surface area (Å²) in [5, 5.41) is 0. The van der Waals surface area contributed by atoms with Crippen molar-refractivity contribution in [3.63, 3.8) is 0 Å². The number of benzene rings is 1. The van der Waals surface area contributed by atoms with Gasteiger partial charge in [0.25, 0.3) is 0 Å². The first-order valence-corrected chi connectivity index (χ1v) is 5.36. The summed E-state index contributed by atoms with van der Waals surface area (Å²) in [6, 6.07) is 3.16. The highest BCUT2D eigenvalue weighted by molar-refractivity contribution is 6.10. The largest absolute Gasteiger partial charge is 0.496 e. The molecule has 0 spiro atoms. The number of ketones is 2. The average Bonchev–Trinajstić information content (AvgIpc) is 2.35. The molecule has 1 aromatic carbocycles. The molecule has 98 valence electrons. The minimum atomic E-state index is -0.334. The van der Waals surface area contributed by atoms with Crippen LogP contribution in [0.5, 0.6) is 17.2 Å². The standard InChI is InChI=1S/C13H16O5/c1-8(14)5-10(15)13-11(17-3)6-9(16-2)7-12(13)18-4/h6-7H,5H2,1-4H3. The molecule has 0 bridgehead atoms. The van der Waals surface area contributed by atoms with E-state index in [4.69, 9.17) is 14.2 Å². The molecule has 0 atom stereocenters. The number of methoxy groups -OCH3 is 3. The van der Waals surface area contributed by atoms with Gasteiger partial charge in [0.05, 0.1) is 27.8 Å². The molecule has 0 unspecified atom stereocenters. The Labute approximate surface area is 106 Å². The van der Waals surface area contributed by atoms with Crippen molar-refractivity contribution in [2.75, 3.05) is 21.3 Å². The van der Waals surface area contributed by atoms with Gasteiger partial charge in [-0.2, -0.15) is 0 Å². The molecule has 0 fully saturated rings. The van der Waals surface area contributed by atoms with Crippen LogP contribution in [0.25, 0.3) is 0 Å². The van der Waals surface area contributed by atoms with Gasteiger partial charge in [-0.3, -0.25) is 9.59 Å². The minimum Gasteiger partial charge on any atom is -0.496 e. The van der Waals surface area contributed by atoms with Crippen molar-refractivity contribution in [3.05, 3.63) is 17.7 Å². The van der Waals surface area contributed by atoms with Crippen LogP contribution in [0.4, 0.5) is 0 Å². The van der Waals surface area contributed by atoms with Crippen LogP contribution in [0.15, 0.2) is 12.1 Å². The van der Waals surface area contributed by atoms with Crippen molar-refractivity contribution in [1.29, 1.82) is 0 Å². The molecule has 1 aromatic rings. The molecule has 0 aliphatic heterocycles. The first-order valence-electron chi connectivity index (χ1n) is 5.36. The van der Waals surface area contributed by atoms with Gasteiger partial charge in [-0.15, -0.1) is 0 Å². The van der Waals surface area contributed by atoms with E-state index < -0.39 is 0 Å². The molecule has 0 aliphatic carbocycles. The predicted octanol–water partition coefficient (Wildman–Crippen LogP) is 1.87. The third-order valence-corrected chi connectivity index (χ3v) is 2.40. The van der Waals surface area contributed by atoms with E-state index in [1.807, 2.05) is 0 Å². The fourth-order valence-electron chi connectivity index (χ4n) is 1.59. The number of rotatable bonds is 6. The molecule has 0 saturated carbocycles. The Hall–Kier alpha value is -2.04. The van der Waals surface area contributed by atoms with Crippen LogP contribution >= 0.6 is 0 Å². The van der Waals surface area contributed by atoms with E-state index >= 15 is 0 Å². The lowest BCUT2D eigenvalue weighted by Gasteiger charge is -2.13. The zero-order valence-corrected chi connectivity index (χ0v) is 10.9. The van der Waals surface area contributed by atoms with Crippen molar-refractivity contribution < 1.29 is 23.8 Å². The maximum Gasteiger partial charge on any atom is 0.177 e. The van der Waals surface area contributed by atoms with Gasteiger partial charge in [0.15, 0.2) is 5.78 Å². The average molecular weight is 252 g/mol. The van der Waals surface area contributed by atoms with E-state index in [0.29, 0.717) is 17.2 Å². The van der Waals surface area contributed by atoms with Crippen molar-refractivity contribution in [1.82, 2.24) is 0 Å². The van der Waals surface area contributed by atoms with Gasteiger partial charge in [0.1, 0.15) is 28.6 Å². The Bertz CT molecular complexity index is 439. The first-order chi connectivity index (χ1) is 8.53. The minimum absolute atomic E-state index is 0.181. The monoisotopic (exact) mass is 252 g/mol. The number of carbonyl (C=O) groups excluding carboxylic acids is 2. The van der Waals surface area contributed by atoms with Gasteiger partial charge < -0.3 is 14.2 Å². The Morgan fingerprint density at radius 1 is 1.00 bits per heavy atom. The van der Waals surface area contributed by atoms with Gasteiger partial charge in [-0.1, -0.05) is 0 Å². The zero-order valence-electron chi connectivity index (χ0n) is 10.9. The molecule has 0 amide bonds. The number of carbonyl (C=O) groups is 2. The third-order valence-electron chi connectivity index (χ3n) is 2.40. The Morgan fingerprint density at radius 2 is 1.50 bits per heavy atom. The van der Waals surface area contributed by atoms with E-state index in [0.717, 1.165) is 0 Å². The molecule has 0 N–H and O–H groups in total. The van der Waals surface area contributed by atoms with Gasteiger partial charge in [0, 0.05) is 12.1 Å². The molecule has 18 heavy (non-hydrogen) atoms. The van der Waals surface area contributed by atoms with Gasteiger partial charge in [0.2, 0.25) is 0 Å². The summed E-state index contributed by atoms with van der Waals surface area (Å²) in [5.74, 6) is 0.636. The second-order valence-electron chi connectivity index (χ2n) is 3.71. The maximum absolute atomic E-state index is 12.0. The maximum atomic E-state index is 12.0. The highest BCUT2D eigenvalue weighted by atomic mass is 16.5. The third kappa shape index (κ3) is 3.00. The summed E-state index contributed by atoms with van der Waals surface area (Å²) in [7, 11) is 4.39. The highest BCUT2D eigenvalue weighted by Gasteiger charge is 2.21. The van der Waals surface area contributed by atoms with E-state index in [2.05, 4.69) is 0 Å². The van der Waals surface area contributed by atoms with Crippen LogP contribution in [-0.2, 0) is 4.79 Å². The summed E-state index contributed by atoms with van der Waals surface area (Å²) in [6.07, 6.45) is -0.181. The first kappa shape index (κ1) is 14.0. The highest BCUT2D eigenvalue weighted by Crippen LogP contribution is 2.34. The van der Waals surface area contributed by atoms with Crippen LogP contribution in [-0.4, -0.2) is 32.9 Å². The van der Waals surface area contributed by atoms with Crippen molar-refractivity contribution in [2.24, 2.45) is 0 Å². The summed E-state index contributed by atoms with van der Waals surface area (Å²) >= 11 is 0. The second kappa shape index (κ2) is 6.05. The molecule has 5 heteroatoms. The van der Waals surface area contributed by atoms with E-state index in [1.165, 1.54) is 28.3 Å². The SMILES string of the molecule is COc1cc(OC)c(C(=O)CC(C)=O)c(OC)c1.